The van der Waals surface area contributed by atoms with Crippen molar-refractivity contribution >= 4 is 17.7 Å². The standard InChI is InChI=1S/C33H41N3O5/c1-21-18-33-27(26(32(21,2)41-33)29(38)34-19-22-12-6-3-7-13-22)31(40)36(25(20-37)23-14-8-4-9-15-23)28(33)30(39)35-24-16-10-5-11-17-24/h3-4,6-9,12-15,21,24-28,37H,5,10-11,16-20H2,1-2H3,(H,34,38)(H,35,39)/t21?,25-,26-,27+,28?,32+,33?/m1/s1. The average Bonchev–Trinajstić information content (AvgIpc) is 3.50. The minimum Gasteiger partial charge on any atom is -0.394 e. The number of amides is 3. The van der Waals surface area contributed by atoms with Crippen molar-refractivity contribution in [1.29, 1.82) is 0 Å². The normalized spacial score (nSPS) is 33.4. The molecule has 1 aliphatic carbocycles. The molecule has 4 aliphatic rings. The molecule has 8 nitrogen and oxygen atoms in total. The van der Waals surface area contributed by atoms with E-state index in [0.717, 1.165) is 43.2 Å². The fourth-order valence-electron chi connectivity index (χ4n) is 8.16. The van der Waals surface area contributed by atoms with Gasteiger partial charge in [0.2, 0.25) is 17.7 Å². The molecule has 2 aromatic rings. The number of fused-ring (bicyclic) bond motifs is 1. The van der Waals surface area contributed by atoms with Gasteiger partial charge in [-0.1, -0.05) is 86.8 Å². The van der Waals surface area contributed by atoms with Gasteiger partial charge in [-0.05, 0) is 43.2 Å². The minimum absolute atomic E-state index is 0.0459. The van der Waals surface area contributed by atoms with Gasteiger partial charge in [0.05, 0.1) is 30.1 Å². The molecule has 8 heteroatoms. The van der Waals surface area contributed by atoms with Crippen LogP contribution in [0.5, 0.6) is 0 Å². The first-order chi connectivity index (χ1) is 19.8. The van der Waals surface area contributed by atoms with Gasteiger partial charge in [-0.2, -0.15) is 0 Å². The maximum absolute atomic E-state index is 14.6. The van der Waals surface area contributed by atoms with Gasteiger partial charge in [0, 0.05) is 12.6 Å². The van der Waals surface area contributed by atoms with E-state index >= 15 is 0 Å². The Morgan fingerprint density at radius 2 is 1.68 bits per heavy atom. The first kappa shape index (κ1) is 27.9. The van der Waals surface area contributed by atoms with E-state index in [2.05, 4.69) is 10.6 Å². The van der Waals surface area contributed by atoms with Crippen molar-refractivity contribution in [3.63, 3.8) is 0 Å². The Hall–Kier alpha value is -3.23. The molecule has 1 spiro atoms. The fraction of sp³-hybridized carbons (Fsp3) is 0.545. The predicted molar refractivity (Wildman–Crippen MR) is 153 cm³/mol. The van der Waals surface area contributed by atoms with E-state index in [9.17, 15) is 19.5 Å². The molecule has 41 heavy (non-hydrogen) atoms. The SMILES string of the molecule is CC1CC23O[C@]1(C)[C@@H](C(=O)NCc1ccccc1)[C@H]2C(=O)N([C@H](CO)c1ccccc1)C3C(=O)NC1CCCCC1. The van der Waals surface area contributed by atoms with Crippen LogP contribution in [0.3, 0.4) is 0 Å². The van der Waals surface area contributed by atoms with Crippen LogP contribution in [0.4, 0.5) is 0 Å². The highest BCUT2D eigenvalue weighted by Crippen LogP contribution is 2.66. The van der Waals surface area contributed by atoms with Crippen LogP contribution in [0.1, 0.15) is 69.5 Å². The molecule has 4 fully saturated rings. The third-order valence-electron chi connectivity index (χ3n) is 10.2. The molecule has 3 saturated heterocycles. The van der Waals surface area contributed by atoms with Crippen molar-refractivity contribution in [3.05, 3.63) is 71.8 Å². The fourth-order valence-corrected chi connectivity index (χ4v) is 8.16. The number of likely N-dealkylation sites (tertiary alicyclic amines) is 1. The number of hydrogen-bond acceptors (Lipinski definition) is 5. The predicted octanol–water partition coefficient (Wildman–Crippen LogP) is 3.50. The molecule has 7 atom stereocenters. The van der Waals surface area contributed by atoms with Crippen molar-refractivity contribution in [3.8, 4) is 0 Å². The number of carbonyl (C=O) groups excluding carboxylic acids is 3. The third-order valence-corrected chi connectivity index (χ3v) is 10.2. The Balaban J connectivity index is 1.38. The Labute approximate surface area is 241 Å². The van der Waals surface area contributed by atoms with Crippen LogP contribution in [-0.2, 0) is 25.7 Å². The van der Waals surface area contributed by atoms with E-state index in [1.54, 1.807) is 4.90 Å². The van der Waals surface area contributed by atoms with Crippen LogP contribution < -0.4 is 10.6 Å². The molecule has 1 saturated carbocycles. The lowest BCUT2D eigenvalue weighted by atomic mass is 9.62. The van der Waals surface area contributed by atoms with Crippen molar-refractivity contribution in [2.75, 3.05) is 6.61 Å². The van der Waals surface area contributed by atoms with Crippen LogP contribution in [0, 0.1) is 17.8 Å². The van der Waals surface area contributed by atoms with E-state index in [4.69, 9.17) is 4.74 Å². The van der Waals surface area contributed by atoms with E-state index in [0.29, 0.717) is 13.0 Å². The Morgan fingerprint density at radius 3 is 2.34 bits per heavy atom. The molecule has 218 valence electrons. The van der Waals surface area contributed by atoms with Crippen LogP contribution in [0.15, 0.2) is 60.7 Å². The van der Waals surface area contributed by atoms with Gasteiger partial charge >= 0.3 is 0 Å². The largest absolute Gasteiger partial charge is 0.394 e. The highest BCUT2D eigenvalue weighted by Gasteiger charge is 2.80. The summed E-state index contributed by atoms with van der Waals surface area (Å²) in [6.45, 7) is 3.97. The van der Waals surface area contributed by atoms with Gasteiger partial charge < -0.3 is 25.4 Å². The van der Waals surface area contributed by atoms with E-state index < -0.39 is 35.1 Å². The molecular weight excluding hydrogens is 518 g/mol. The molecule has 2 bridgehead atoms. The molecule has 3 aliphatic heterocycles. The average molecular weight is 560 g/mol. The van der Waals surface area contributed by atoms with Crippen molar-refractivity contribution in [1.82, 2.24) is 15.5 Å². The third kappa shape index (κ3) is 4.56. The van der Waals surface area contributed by atoms with E-state index in [1.165, 1.54) is 0 Å². The lowest BCUT2D eigenvalue weighted by Crippen LogP contribution is -2.58. The number of nitrogens with one attached hydrogen (secondary N) is 2. The first-order valence-electron chi connectivity index (χ1n) is 15.1. The minimum atomic E-state index is -1.15. The van der Waals surface area contributed by atoms with E-state index in [1.807, 2.05) is 74.5 Å². The molecule has 3 heterocycles. The molecule has 0 aromatic heterocycles. The number of aliphatic hydroxyl groups is 1. The van der Waals surface area contributed by atoms with Crippen LogP contribution in [0.25, 0.3) is 0 Å². The van der Waals surface area contributed by atoms with E-state index in [-0.39, 0.29) is 36.3 Å². The second-order valence-corrected chi connectivity index (χ2v) is 12.6. The molecular formula is C33H41N3O5. The molecule has 3 unspecified atom stereocenters. The summed E-state index contributed by atoms with van der Waals surface area (Å²) in [5.41, 5.74) is -0.334. The lowest BCUT2D eigenvalue weighted by Gasteiger charge is -2.38. The van der Waals surface area contributed by atoms with Gasteiger partial charge in [-0.3, -0.25) is 14.4 Å². The summed E-state index contributed by atoms with van der Waals surface area (Å²) in [6.07, 6.45) is 5.59. The van der Waals surface area contributed by atoms with Crippen LogP contribution >= 0.6 is 0 Å². The Morgan fingerprint density at radius 1 is 1.02 bits per heavy atom. The maximum atomic E-state index is 14.6. The van der Waals surface area contributed by atoms with Gasteiger partial charge in [-0.15, -0.1) is 0 Å². The van der Waals surface area contributed by atoms with Crippen molar-refractivity contribution in [2.24, 2.45) is 17.8 Å². The number of carbonyl (C=O) groups is 3. The van der Waals surface area contributed by atoms with Crippen LogP contribution in [-0.4, -0.2) is 57.6 Å². The quantitative estimate of drug-likeness (QED) is 0.459. The maximum Gasteiger partial charge on any atom is 0.246 e. The Bertz CT molecular complexity index is 1280. The summed E-state index contributed by atoms with van der Waals surface area (Å²) in [5, 5.41) is 17.0. The summed E-state index contributed by atoms with van der Waals surface area (Å²) >= 11 is 0. The summed E-state index contributed by atoms with van der Waals surface area (Å²) in [6, 6.07) is 17.4. The van der Waals surface area contributed by atoms with Gasteiger partial charge in [-0.25, -0.2) is 0 Å². The summed E-state index contributed by atoms with van der Waals surface area (Å²) in [7, 11) is 0. The van der Waals surface area contributed by atoms with Crippen molar-refractivity contribution in [2.45, 2.75) is 88.2 Å². The second-order valence-electron chi connectivity index (χ2n) is 12.6. The Kier molecular flexibility index (Phi) is 7.41. The van der Waals surface area contributed by atoms with Gasteiger partial charge in [0.25, 0.3) is 0 Å². The number of nitrogens with zero attached hydrogens (tertiary/aromatic N) is 1. The zero-order valence-corrected chi connectivity index (χ0v) is 23.9. The van der Waals surface area contributed by atoms with Gasteiger partial charge in [0.15, 0.2) is 0 Å². The highest BCUT2D eigenvalue weighted by molar-refractivity contribution is 5.99. The number of aliphatic hydroxyl groups excluding tert-OH is 1. The smallest absolute Gasteiger partial charge is 0.246 e. The molecule has 2 aromatic carbocycles. The monoisotopic (exact) mass is 559 g/mol. The second kappa shape index (κ2) is 10.9. The zero-order chi connectivity index (χ0) is 28.8. The first-order valence-corrected chi connectivity index (χ1v) is 15.1. The van der Waals surface area contributed by atoms with Crippen LogP contribution in [0.2, 0.25) is 0 Å². The molecule has 3 amide bonds. The summed E-state index contributed by atoms with van der Waals surface area (Å²) < 4.78 is 6.86. The molecule has 3 N–H and O–H groups in total. The lowest BCUT2D eigenvalue weighted by molar-refractivity contribution is -0.151. The number of rotatable bonds is 8. The summed E-state index contributed by atoms with van der Waals surface area (Å²) in [4.78, 5) is 44.3. The highest BCUT2D eigenvalue weighted by atomic mass is 16.5. The number of benzene rings is 2. The zero-order valence-electron chi connectivity index (χ0n) is 23.9. The molecule has 6 rings (SSSR count). The van der Waals surface area contributed by atoms with Gasteiger partial charge in [0.1, 0.15) is 11.6 Å². The summed E-state index contributed by atoms with van der Waals surface area (Å²) in [5.74, 6) is -2.41. The number of ether oxygens (including phenoxy) is 1. The van der Waals surface area contributed by atoms with Crippen molar-refractivity contribution < 1.29 is 24.2 Å². The topological polar surface area (TPSA) is 108 Å². The molecule has 0 radical (unpaired) electrons. The number of hydrogen-bond donors (Lipinski definition) is 3.